The van der Waals surface area contributed by atoms with Crippen molar-refractivity contribution in [3.63, 3.8) is 0 Å². The molecule has 0 bridgehead atoms. The average Bonchev–Trinajstić information content (AvgIpc) is 3.55. The van der Waals surface area contributed by atoms with Crippen molar-refractivity contribution >= 4 is 45.5 Å². The number of carboxylic acids is 1. The molecule has 0 amide bonds. The number of nitrogens with zero attached hydrogens (tertiary/aromatic N) is 2. The van der Waals surface area contributed by atoms with E-state index in [-0.39, 0.29) is 0 Å². The van der Waals surface area contributed by atoms with Crippen LogP contribution in [0.25, 0.3) is 26.9 Å². The fraction of sp³-hybridized carbons (Fsp3) is 0.452. The molecule has 1 fully saturated rings. The molecule has 1 atom stereocenters. The van der Waals surface area contributed by atoms with Gasteiger partial charge in [-0.1, -0.05) is 18.9 Å². The lowest BCUT2D eigenvalue weighted by atomic mass is 9.87. The zero-order chi connectivity index (χ0) is 27.2. The molecule has 6 nitrogen and oxygen atoms in total. The van der Waals surface area contributed by atoms with Crippen LogP contribution < -0.4 is 4.74 Å². The molecular weight excluding hydrogens is 496 g/mol. The maximum atomic E-state index is 12.7. The van der Waals surface area contributed by atoms with E-state index >= 15 is 0 Å². The number of aryl methyl sites for hydroxylation is 1. The summed E-state index contributed by atoms with van der Waals surface area (Å²) in [7, 11) is 0. The summed E-state index contributed by atoms with van der Waals surface area (Å²) in [5, 5.41) is 11.6. The van der Waals surface area contributed by atoms with Gasteiger partial charge in [0.2, 0.25) is 0 Å². The second kappa shape index (κ2) is 10.3. The Morgan fingerprint density at radius 3 is 2.66 bits per heavy atom. The van der Waals surface area contributed by atoms with Crippen LogP contribution in [0.5, 0.6) is 5.75 Å². The standard InChI is InChI=1S/C31H36N2O4S/c1-7-18-14-15-36-22-13-12-20(26(32-6)24(18)22)25-23(27(30(34)35)37-31(3,4)5)17(2)16-21-28(25)38-29(33-21)19-10-8-9-11-19/h7,12-13,16,19,27H,6,8-11,14-15H2,1-5H3,(H,34,35)/b18-7-/t27-/m0/s1. The van der Waals surface area contributed by atoms with Crippen LogP contribution in [0.2, 0.25) is 0 Å². The average molecular weight is 533 g/mol. The summed E-state index contributed by atoms with van der Waals surface area (Å²) in [6.07, 6.45) is 6.46. The molecule has 2 heterocycles. The summed E-state index contributed by atoms with van der Waals surface area (Å²) in [5.41, 5.74) is 6.15. The van der Waals surface area contributed by atoms with E-state index < -0.39 is 17.7 Å². The molecule has 5 rings (SSSR count). The zero-order valence-electron chi connectivity index (χ0n) is 22.9. The molecule has 0 unspecified atom stereocenters. The zero-order valence-corrected chi connectivity index (χ0v) is 23.7. The van der Waals surface area contributed by atoms with Crippen LogP contribution in [0.3, 0.4) is 0 Å². The lowest BCUT2D eigenvalue weighted by Crippen LogP contribution is -2.28. The SMILES string of the molecule is C=Nc1c(-c2c([C@H](OC(C)(C)C)C(=O)O)c(C)cc3nc(C4CCCC4)sc23)ccc2c1/C(=C\C)CCO2. The molecule has 1 N–H and O–H groups in total. The maximum Gasteiger partial charge on any atom is 0.337 e. The number of aliphatic carboxylic acids is 1. The van der Waals surface area contributed by atoms with E-state index in [4.69, 9.17) is 14.5 Å². The van der Waals surface area contributed by atoms with E-state index in [0.29, 0.717) is 23.8 Å². The number of aliphatic imine (C=N–C) groups is 1. The van der Waals surface area contributed by atoms with Crippen LogP contribution in [-0.4, -0.2) is 35.0 Å². The normalized spacial score (nSPS) is 18.0. The van der Waals surface area contributed by atoms with Crippen molar-refractivity contribution in [2.24, 2.45) is 4.99 Å². The molecular formula is C31H36N2O4S. The van der Waals surface area contributed by atoms with Gasteiger partial charge in [-0.25, -0.2) is 9.78 Å². The van der Waals surface area contributed by atoms with Crippen LogP contribution in [0.1, 0.15) is 93.5 Å². The molecule has 2 aliphatic rings. The van der Waals surface area contributed by atoms with Gasteiger partial charge in [-0.2, -0.15) is 0 Å². The Labute approximate surface area is 228 Å². The molecule has 1 aromatic heterocycles. The molecule has 1 saturated carbocycles. The Bertz CT molecular complexity index is 1440. The smallest absolute Gasteiger partial charge is 0.337 e. The van der Waals surface area contributed by atoms with Crippen LogP contribution in [0, 0.1) is 6.92 Å². The highest BCUT2D eigenvalue weighted by atomic mass is 32.1. The topological polar surface area (TPSA) is 81.0 Å². The van der Waals surface area contributed by atoms with E-state index in [9.17, 15) is 9.90 Å². The van der Waals surface area contributed by atoms with E-state index in [1.165, 1.54) is 12.8 Å². The molecule has 7 heteroatoms. The maximum absolute atomic E-state index is 12.7. The van der Waals surface area contributed by atoms with Crippen LogP contribution in [0.15, 0.2) is 29.3 Å². The molecule has 200 valence electrons. The van der Waals surface area contributed by atoms with E-state index in [1.807, 2.05) is 52.8 Å². The number of hydrogen-bond donors (Lipinski definition) is 1. The summed E-state index contributed by atoms with van der Waals surface area (Å²) < 4.78 is 13.2. The van der Waals surface area contributed by atoms with Crippen molar-refractivity contribution in [2.75, 3.05) is 6.61 Å². The predicted octanol–water partition coefficient (Wildman–Crippen LogP) is 8.39. The van der Waals surface area contributed by atoms with Gasteiger partial charge in [0, 0.05) is 34.6 Å². The Morgan fingerprint density at radius 2 is 2.03 bits per heavy atom. The molecule has 1 aliphatic heterocycles. The van der Waals surface area contributed by atoms with Crippen LogP contribution in [-0.2, 0) is 9.53 Å². The van der Waals surface area contributed by atoms with E-state index in [2.05, 4.69) is 17.8 Å². The van der Waals surface area contributed by atoms with Gasteiger partial charge in [0.25, 0.3) is 0 Å². The number of ether oxygens (including phenoxy) is 2. The molecule has 0 saturated heterocycles. The number of allylic oxidation sites excluding steroid dienone is 1. The first-order valence-corrected chi connectivity index (χ1v) is 14.2. The molecule has 2 aromatic carbocycles. The number of rotatable bonds is 6. The first kappa shape index (κ1) is 26.6. The largest absolute Gasteiger partial charge is 0.493 e. The Balaban J connectivity index is 1.86. The number of aromatic nitrogens is 1. The highest BCUT2D eigenvalue weighted by Crippen LogP contribution is 2.51. The summed E-state index contributed by atoms with van der Waals surface area (Å²) >= 11 is 1.68. The quantitative estimate of drug-likeness (QED) is 0.322. The molecule has 0 radical (unpaired) electrons. The summed E-state index contributed by atoms with van der Waals surface area (Å²) in [6, 6.07) is 5.98. The van der Waals surface area contributed by atoms with Crippen molar-refractivity contribution in [2.45, 2.75) is 84.3 Å². The van der Waals surface area contributed by atoms with Crippen molar-refractivity contribution < 1.29 is 19.4 Å². The van der Waals surface area contributed by atoms with Gasteiger partial charge in [-0.05, 0) is 83.5 Å². The molecule has 1 aliphatic carbocycles. The third-order valence-electron chi connectivity index (χ3n) is 7.47. The van der Waals surface area contributed by atoms with E-state index in [1.54, 1.807) is 11.3 Å². The lowest BCUT2D eigenvalue weighted by Gasteiger charge is -2.29. The highest BCUT2D eigenvalue weighted by molar-refractivity contribution is 7.19. The summed E-state index contributed by atoms with van der Waals surface area (Å²) in [4.78, 5) is 22.4. The fourth-order valence-electron chi connectivity index (χ4n) is 5.82. The Kier molecular flexibility index (Phi) is 7.18. The summed E-state index contributed by atoms with van der Waals surface area (Å²) in [5.74, 6) is 0.207. The number of fused-ring (bicyclic) bond motifs is 2. The van der Waals surface area contributed by atoms with Gasteiger partial charge < -0.3 is 14.6 Å². The molecule has 38 heavy (non-hydrogen) atoms. The first-order valence-electron chi connectivity index (χ1n) is 13.4. The van der Waals surface area contributed by atoms with Gasteiger partial charge in [0.1, 0.15) is 5.75 Å². The number of benzene rings is 2. The molecule has 3 aromatic rings. The van der Waals surface area contributed by atoms with Crippen molar-refractivity contribution in [1.82, 2.24) is 4.98 Å². The Hall–Kier alpha value is -3.03. The second-order valence-electron chi connectivity index (χ2n) is 11.2. The summed E-state index contributed by atoms with van der Waals surface area (Å²) in [6.45, 7) is 14.2. The second-order valence-corrected chi connectivity index (χ2v) is 12.2. The van der Waals surface area contributed by atoms with Crippen LogP contribution >= 0.6 is 11.3 Å². The third kappa shape index (κ3) is 4.78. The minimum absolute atomic E-state index is 0.452. The van der Waals surface area contributed by atoms with Gasteiger partial charge in [0.15, 0.2) is 6.10 Å². The number of hydrogen-bond acceptors (Lipinski definition) is 6. The first-order chi connectivity index (χ1) is 18.1. The van der Waals surface area contributed by atoms with Crippen molar-refractivity contribution in [1.29, 1.82) is 0 Å². The van der Waals surface area contributed by atoms with Gasteiger partial charge in [-0.15, -0.1) is 11.3 Å². The third-order valence-corrected chi connectivity index (χ3v) is 8.72. The lowest BCUT2D eigenvalue weighted by molar-refractivity contribution is -0.160. The number of carbonyl (C=O) groups is 1. The van der Waals surface area contributed by atoms with Crippen LogP contribution in [0.4, 0.5) is 5.69 Å². The number of carboxylic acid groups (broad SMARTS) is 1. The van der Waals surface area contributed by atoms with Crippen molar-refractivity contribution in [3.05, 3.63) is 46.0 Å². The minimum Gasteiger partial charge on any atom is -0.493 e. The highest BCUT2D eigenvalue weighted by Gasteiger charge is 2.34. The van der Waals surface area contributed by atoms with E-state index in [0.717, 1.165) is 68.1 Å². The Morgan fingerprint density at radius 1 is 1.29 bits per heavy atom. The van der Waals surface area contributed by atoms with Gasteiger partial charge in [-0.3, -0.25) is 4.99 Å². The van der Waals surface area contributed by atoms with Gasteiger partial charge >= 0.3 is 5.97 Å². The monoisotopic (exact) mass is 532 g/mol. The fourth-order valence-corrected chi connectivity index (χ4v) is 7.11. The minimum atomic E-state index is -1.16. The predicted molar refractivity (Wildman–Crippen MR) is 155 cm³/mol. The van der Waals surface area contributed by atoms with Crippen molar-refractivity contribution in [3.8, 4) is 16.9 Å². The molecule has 0 spiro atoms. The van der Waals surface area contributed by atoms with Gasteiger partial charge in [0.05, 0.1) is 33.1 Å². The number of thiazole rings is 1.